The normalized spacial score (nSPS) is 12.0. The van der Waals surface area contributed by atoms with Gasteiger partial charge in [-0.2, -0.15) is 0 Å². The first-order chi connectivity index (χ1) is 14.8. The van der Waals surface area contributed by atoms with Gasteiger partial charge in [0.2, 0.25) is 5.91 Å². The molecule has 0 radical (unpaired) electrons. The van der Waals surface area contributed by atoms with Gasteiger partial charge in [0.25, 0.3) is 0 Å². The van der Waals surface area contributed by atoms with Gasteiger partial charge < -0.3 is 30.5 Å². The second-order valence-electron chi connectivity index (χ2n) is 8.12. The quantitative estimate of drug-likeness (QED) is 0.213. The van der Waals surface area contributed by atoms with Crippen molar-refractivity contribution < 1.29 is 24.2 Å². The summed E-state index contributed by atoms with van der Waals surface area (Å²) in [5.74, 6) is 0.0955. The molecule has 0 aromatic rings. The van der Waals surface area contributed by atoms with Crippen LogP contribution in [0.1, 0.15) is 85.5 Å². The third-order valence-corrected chi connectivity index (χ3v) is 6.28. The third-order valence-electron chi connectivity index (χ3n) is 6.28. The van der Waals surface area contributed by atoms with Crippen LogP contribution in [0.4, 0.5) is 4.79 Å². The lowest BCUT2D eigenvalue weighted by Gasteiger charge is -2.36. The maximum atomic E-state index is 12.0. The van der Waals surface area contributed by atoms with Gasteiger partial charge >= 0.3 is 6.09 Å². The van der Waals surface area contributed by atoms with E-state index in [0.717, 1.165) is 51.5 Å². The minimum absolute atomic E-state index is 0.0955. The van der Waals surface area contributed by atoms with E-state index in [1.165, 1.54) is 0 Å². The molecule has 0 spiro atoms. The summed E-state index contributed by atoms with van der Waals surface area (Å²) in [4.78, 5) is 22.5. The molecule has 0 unspecified atom stereocenters. The van der Waals surface area contributed by atoms with Crippen LogP contribution >= 0.6 is 0 Å². The summed E-state index contributed by atoms with van der Waals surface area (Å²) >= 11 is 0. The summed E-state index contributed by atoms with van der Waals surface area (Å²) < 4.78 is 12.6. The minimum Gasteiger partial charge on any atom is -0.465 e. The van der Waals surface area contributed by atoms with Crippen LogP contribution in [0.15, 0.2) is 0 Å². The van der Waals surface area contributed by atoms with E-state index in [1.54, 1.807) is 0 Å². The molecule has 0 saturated carbocycles. The van der Waals surface area contributed by atoms with Gasteiger partial charge in [0.1, 0.15) is 0 Å². The molecule has 0 fully saturated rings. The number of ether oxygens (including phenoxy) is 2. The molecular formula is C23H47N3O5. The standard InChI is InChI=1S/C23H47N3O5/c1-6-22(7-2,13-10-12-20(27)25-17-16-24-5)31-19-14-23(8-3,9-4)30-18-11-15-26-21(28)29/h24,26H,6-19H2,1-5H3,(H,25,27)(H,28,29). The number of carbonyl (C=O) groups excluding carboxylic acids is 1. The van der Waals surface area contributed by atoms with Crippen LogP contribution in [-0.4, -0.2) is 68.2 Å². The Labute approximate surface area is 189 Å². The zero-order valence-corrected chi connectivity index (χ0v) is 20.5. The number of amides is 2. The van der Waals surface area contributed by atoms with E-state index in [2.05, 4.69) is 43.6 Å². The fourth-order valence-corrected chi connectivity index (χ4v) is 3.76. The fraction of sp³-hybridized carbons (Fsp3) is 0.913. The van der Waals surface area contributed by atoms with Gasteiger partial charge in [0.05, 0.1) is 17.8 Å². The van der Waals surface area contributed by atoms with Crippen LogP contribution in [0.25, 0.3) is 0 Å². The first-order valence-electron chi connectivity index (χ1n) is 12.0. The van der Waals surface area contributed by atoms with Crippen molar-refractivity contribution in [1.29, 1.82) is 0 Å². The number of rotatable bonds is 20. The van der Waals surface area contributed by atoms with Crippen LogP contribution in [0.5, 0.6) is 0 Å². The number of likely N-dealkylation sites (N-methyl/N-ethyl adjacent to an activating group) is 1. The van der Waals surface area contributed by atoms with Crippen molar-refractivity contribution in [3.8, 4) is 0 Å². The SMILES string of the molecule is CCC(CC)(CCCC(=O)NCCNC)OCCC(CC)(CC)OCCCNC(=O)O. The van der Waals surface area contributed by atoms with Crippen molar-refractivity contribution in [3.63, 3.8) is 0 Å². The largest absolute Gasteiger partial charge is 0.465 e. The van der Waals surface area contributed by atoms with Gasteiger partial charge in [-0.15, -0.1) is 0 Å². The summed E-state index contributed by atoms with van der Waals surface area (Å²) in [6.07, 6.45) is 6.26. The molecule has 8 nitrogen and oxygen atoms in total. The molecule has 31 heavy (non-hydrogen) atoms. The summed E-state index contributed by atoms with van der Waals surface area (Å²) in [7, 11) is 1.87. The maximum absolute atomic E-state index is 12.0. The highest BCUT2D eigenvalue weighted by molar-refractivity contribution is 5.75. The smallest absolute Gasteiger partial charge is 0.404 e. The Morgan fingerprint density at radius 1 is 0.774 bits per heavy atom. The summed E-state index contributed by atoms with van der Waals surface area (Å²) in [5.41, 5.74) is -0.451. The Morgan fingerprint density at radius 2 is 1.35 bits per heavy atom. The Kier molecular flexibility index (Phi) is 16.4. The Balaban J connectivity index is 4.52. The Hall–Kier alpha value is -1.38. The van der Waals surface area contributed by atoms with Gasteiger partial charge in [-0.3, -0.25) is 4.79 Å². The number of nitrogens with one attached hydrogen (secondary N) is 3. The lowest BCUT2D eigenvalue weighted by molar-refractivity contribution is -0.122. The van der Waals surface area contributed by atoms with Crippen molar-refractivity contribution >= 4 is 12.0 Å². The average molecular weight is 446 g/mol. The molecule has 0 heterocycles. The number of hydrogen-bond donors (Lipinski definition) is 4. The highest BCUT2D eigenvalue weighted by atomic mass is 16.5. The molecule has 184 valence electrons. The minimum atomic E-state index is -1.00. The van der Waals surface area contributed by atoms with E-state index in [4.69, 9.17) is 14.6 Å². The molecule has 4 N–H and O–H groups in total. The van der Waals surface area contributed by atoms with Crippen molar-refractivity contribution in [2.75, 3.05) is 39.9 Å². The summed E-state index contributed by atoms with van der Waals surface area (Å²) in [6.45, 7) is 11.5. The number of carboxylic acid groups (broad SMARTS) is 1. The monoisotopic (exact) mass is 445 g/mol. The highest BCUT2D eigenvalue weighted by Gasteiger charge is 2.31. The van der Waals surface area contributed by atoms with Gasteiger partial charge in [0, 0.05) is 32.7 Å². The predicted molar refractivity (Wildman–Crippen MR) is 125 cm³/mol. The molecule has 0 atom stereocenters. The van der Waals surface area contributed by atoms with E-state index >= 15 is 0 Å². The predicted octanol–water partition coefficient (Wildman–Crippen LogP) is 3.69. The van der Waals surface area contributed by atoms with Crippen molar-refractivity contribution in [2.24, 2.45) is 0 Å². The molecule has 0 aromatic carbocycles. The maximum Gasteiger partial charge on any atom is 0.404 e. The van der Waals surface area contributed by atoms with Crippen LogP contribution < -0.4 is 16.0 Å². The molecule has 0 bridgehead atoms. The van der Waals surface area contributed by atoms with Crippen molar-refractivity contribution in [1.82, 2.24) is 16.0 Å². The van der Waals surface area contributed by atoms with Gasteiger partial charge in [-0.1, -0.05) is 27.7 Å². The van der Waals surface area contributed by atoms with E-state index in [-0.39, 0.29) is 17.1 Å². The average Bonchev–Trinajstić information content (AvgIpc) is 2.76. The van der Waals surface area contributed by atoms with Crippen LogP contribution in [-0.2, 0) is 14.3 Å². The van der Waals surface area contributed by atoms with E-state index in [1.807, 2.05) is 7.05 Å². The second kappa shape index (κ2) is 17.2. The zero-order valence-electron chi connectivity index (χ0n) is 20.5. The summed E-state index contributed by atoms with van der Waals surface area (Å²) in [5, 5.41) is 17.0. The van der Waals surface area contributed by atoms with Crippen LogP contribution in [0, 0.1) is 0 Å². The van der Waals surface area contributed by atoms with Gasteiger partial charge in [0.15, 0.2) is 0 Å². The molecule has 0 aliphatic heterocycles. The number of carbonyl (C=O) groups is 2. The second-order valence-corrected chi connectivity index (χ2v) is 8.12. The molecule has 8 heteroatoms. The molecule has 2 amide bonds. The van der Waals surface area contributed by atoms with Crippen LogP contribution in [0.3, 0.4) is 0 Å². The Morgan fingerprint density at radius 3 is 1.90 bits per heavy atom. The Bertz CT molecular complexity index is 480. The van der Waals surface area contributed by atoms with Gasteiger partial charge in [-0.25, -0.2) is 4.79 Å². The highest BCUT2D eigenvalue weighted by Crippen LogP contribution is 2.30. The molecule has 0 aromatic heterocycles. The van der Waals surface area contributed by atoms with Crippen molar-refractivity contribution in [2.45, 2.75) is 96.7 Å². The first-order valence-corrected chi connectivity index (χ1v) is 12.0. The number of hydrogen-bond acceptors (Lipinski definition) is 5. The lowest BCUT2D eigenvalue weighted by atomic mass is 9.89. The zero-order chi connectivity index (χ0) is 23.6. The van der Waals surface area contributed by atoms with E-state index in [0.29, 0.717) is 39.1 Å². The molecule has 0 saturated heterocycles. The molecular weight excluding hydrogens is 398 g/mol. The molecule has 0 aliphatic rings. The van der Waals surface area contributed by atoms with E-state index < -0.39 is 6.09 Å². The first kappa shape index (κ1) is 29.6. The van der Waals surface area contributed by atoms with E-state index in [9.17, 15) is 9.59 Å². The topological polar surface area (TPSA) is 109 Å². The third kappa shape index (κ3) is 12.9. The molecule has 0 aliphatic carbocycles. The fourth-order valence-electron chi connectivity index (χ4n) is 3.76. The van der Waals surface area contributed by atoms with Gasteiger partial charge in [-0.05, 0) is 58.4 Å². The summed E-state index contributed by atoms with van der Waals surface area (Å²) in [6, 6.07) is 0. The van der Waals surface area contributed by atoms with Crippen LogP contribution in [0.2, 0.25) is 0 Å². The van der Waals surface area contributed by atoms with Crippen molar-refractivity contribution in [3.05, 3.63) is 0 Å². The lowest BCUT2D eigenvalue weighted by Crippen LogP contribution is -2.37. The molecule has 0 rings (SSSR count).